The third-order valence-corrected chi connectivity index (χ3v) is 4.07. The van der Waals surface area contributed by atoms with Crippen LogP contribution in [0.5, 0.6) is 0 Å². The predicted octanol–water partition coefficient (Wildman–Crippen LogP) is 1.27. The van der Waals surface area contributed by atoms with Gasteiger partial charge in [0.1, 0.15) is 23.4 Å². The van der Waals surface area contributed by atoms with Gasteiger partial charge in [0.2, 0.25) is 0 Å². The van der Waals surface area contributed by atoms with Crippen molar-refractivity contribution >= 4 is 35.6 Å². The van der Waals surface area contributed by atoms with Gasteiger partial charge in [0.25, 0.3) is 17.8 Å². The first-order valence-electron chi connectivity index (χ1n) is 8.06. The molecule has 1 N–H and O–H groups in total. The Labute approximate surface area is 152 Å². The average molecular weight is 367 g/mol. The van der Waals surface area contributed by atoms with Gasteiger partial charge in [0, 0.05) is 19.3 Å². The summed E-state index contributed by atoms with van der Waals surface area (Å²) in [4.78, 5) is 32.9. The highest BCUT2D eigenvalue weighted by atomic mass is 19.1. The number of rotatable bonds is 2. The van der Waals surface area contributed by atoms with Gasteiger partial charge >= 0.3 is 0 Å². The van der Waals surface area contributed by atoms with E-state index in [-0.39, 0.29) is 17.3 Å². The Morgan fingerprint density at radius 2 is 2.04 bits per heavy atom. The molecule has 2 amide bonds. The Kier molecular flexibility index (Phi) is 3.87. The fraction of sp³-hybridized carbons (Fsp3) is 0.176. The second-order valence-electron chi connectivity index (χ2n) is 6.00. The molecule has 136 valence electrons. The van der Waals surface area contributed by atoms with Crippen molar-refractivity contribution in [2.24, 2.45) is 21.0 Å². The topological polar surface area (TPSA) is 104 Å². The first-order valence-corrected chi connectivity index (χ1v) is 8.06. The van der Waals surface area contributed by atoms with Crippen LogP contribution < -0.4 is 5.32 Å². The second kappa shape index (κ2) is 6.24. The molecule has 0 saturated heterocycles. The van der Waals surface area contributed by atoms with E-state index in [1.165, 1.54) is 34.1 Å². The van der Waals surface area contributed by atoms with Crippen LogP contribution in [-0.2, 0) is 4.79 Å². The van der Waals surface area contributed by atoms with Gasteiger partial charge in [-0.3, -0.25) is 14.6 Å². The summed E-state index contributed by atoms with van der Waals surface area (Å²) < 4.78 is 15.1. The van der Waals surface area contributed by atoms with Crippen LogP contribution in [-0.4, -0.2) is 51.7 Å². The number of nitrogens with one attached hydrogen (secondary N) is 1. The molecule has 1 aromatic heterocycles. The van der Waals surface area contributed by atoms with Crippen molar-refractivity contribution in [3.63, 3.8) is 0 Å². The van der Waals surface area contributed by atoms with Gasteiger partial charge in [-0.25, -0.2) is 4.39 Å². The Hall–Kier alpha value is -3.69. The number of amides is 2. The number of hydrogen-bond donors (Lipinski definition) is 1. The zero-order chi connectivity index (χ0) is 19.1. The Morgan fingerprint density at radius 3 is 2.81 bits per heavy atom. The monoisotopic (exact) mass is 367 g/mol. The van der Waals surface area contributed by atoms with Gasteiger partial charge in [-0.15, -0.1) is 0 Å². The van der Waals surface area contributed by atoms with Crippen molar-refractivity contribution < 1.29 is 14.0 Å². The summed E-state index contributed by atoms with van der Waals surface area (Å²) in [6.45, 7) is 1.71. The van der Waals surface area contributed by atoms with Crippen molar-refractivity contribution in [1.82, 2.24) is 14.8 Å². The van der Waals surface area contributed by atoms with Crippen molar-refractivity contribution in [1.29, 1.82) is 0 Å². The van der Waals surface area contributed by atoms with E-state index in [2.05, 4.69) is 25.5 Å². The lowest BCUT2D eigenvalue weighted by Gasteiger charge is -2.17. The van der Waals surface area contributed by atoms with Crippen molar-refractivity contribution in [2.45, 2.75) is 6.92 Å². The molecule has 0 fully saturated rings. The van der Waals surface area contributed by atoms with E-state index >= 15 is 0 Å². The fourth-order valence-electron chi connectivity index (χ4n) is 2.77. The predicted molar refractivity (Wildman–Crippen MR) is 96.3 cm³/mol. The maximum absolute atomic E-state index is 13.9. The van der Waals surface area contributed by atoms with Crippen LogP contribution in [0.1, 0.15) is 16.1 Å². The third-order valence-electron chi connectivity index (χ3n) is 4.07. The lowest BCUT2D eigenvalue weighted by atomic mass is 10.1. The molecular formula is C17H14FN7O2. The van der Waals surface area contributed by atoms with Gasteiger partial charge in [-0.2, -0.15) is 24.9 Å². The van der Waals surface area contributed by atoms with Gasteiger partial charge in [-0.05, 0) is 19.1 Å². The second-order valence-corrected chi connectivity index (χ2v) is 6.00. The highest BCUT2D eigenvalue weighted by Gasteiger charge is 2.35. The number of aliphatic imine (C=N–C) groups is 2. The van der Waals surface area contributed by atoms with Gasteiger partial charge in [0.15, 0.2) is 0 Å². The van der Waals surface area contributed by atoms with E-state index in [0.29, 0.717) is 11.5 Å². The zero-order valence-corrected chi connectivity index (χ0v) is 14.4. The number of hydrazone groups is 1. The number of halogens is 1. The lowest BCUT2D eigenvalue weighted by molar-refractivity contribution is -0.118. The summed E-state index contributed by atoms with van der Waals surface area (Å²) >= 11 is 0. The van der Waals surface area contributed by atoms with E-state index in [4.69, 9.17) is 0 Å². The number of benzene rings is 1. The summed E-state index contributed by atoms with van der Waals surface area (Å²) in [5.74, 6) is -1.70. The summed E-state index contributed by atoms with van der Waals surface area (Å²) in [6.07, 6.45) is 1.47. The largest absolute Gasteiger partial charge is 0.306 e. The quantitative estimate of drug-likeness (QED) is 0.863. The molecule has 27 heavy (non-hydrogen) atoms. The first-order chi connectivity index (χ1) is 12.9. The number of fused-ring (bicyclic) bond motifs is 1. The molecule has 1 aromatic carbocycles. The molecule has 0 bridgehead atoms. The summed E-state index contributed by atoms with van der Waals surface area (Å²) in [6, 6.07) is 7.20. The molecule has 0 saturated carbocycles. The maximum atomic E-state index is 13.9. The third kappa shape index (κ3) is 2.90. The normalized spacial score (nSPS) is 18.3. The molecule has 2 aliphatic rings. The number of carbonyl (C=O) groups excluding carboxylic acids is 2. The zero-order valence-electron chi connectivity index (χ0n) is 14.4. The van der Waals surface area contributed by atoms with Gasteiger partial charge < -0.3 is 5.32 Å². The van der Waals surface area contributed by atoms with Gasteiger partial charge in [0.05, 0.1) is 11.3 Å². The number of anilines is 1. The van der Waals surface area contributed by atoms with E-state index in [1.807, 2.05) is 0 Å². The molecule has 0 spiro atoms. The number of carbonyl (C=O) groups is 2. The molecule has 9 nitrogen and oxygen atoms in total. The van der Waals surface area contributed by atoms with E-state index in [0.717, 1.165) is 0 Å². The molecule has 2 aliphatic heterocycles. The summed E-state index contributed by atoms with van der Waals surface area (Å²) in [5.41, 5.74) is 0.451. The average Bonchev–Trinajstić information content (AvgIpc) is 3.18. The first kappa shape index (κ1) is 16.8. The Balaban J connectivity index is 1.68. The van der Waals surface area contributed by atoms with E-state index < -0.39 is 23.5 Å². The molecule has 0 aliphatic carbocycles. The smallest absolute Gasteiger partial charge is 0.265 e. The van der Waals surface area contributed by atoms with Crippen LogP contribution in [0.25, 0.3) is 0 Å². The van der Waals surface area contributed by atoms with Crippen molar-refractivity contribution in [3.8, 4) is 0 Å². The maximum Gasteiger partial charge on any atom is 0.265 e. The van der Waals surface area contributed by atoms with E-state index in [1.54, 1.807) is 26.1 Å². The van der Waals surface area contributed by atoms with Crippen LogP contribution >= 0.6 is 0 Å². The van der Waals surface area contributed by atoms with E-state index in [9.17, 15) is 14.0 Å². The minimum Gasteiger partial charge on any atom is -0.306 e. The summed E-state index contributed by atoms with van der Waals surface area (Å²) in [7, 11) is 1.67. The van der Waals surface area contributed by atoms with Crippen LogP contribution in [0, 0.1) is 18.7 Å². The molecule has 3 heterocycles. The standard InChI is InChI=1S/C17H14FN7O2/c1-9-7-13(20-15(26)10-5-3-4-6-12(10)18)25(23-9)17-21-14-11(16(27)22-17)8-19-24(14)2/h3-8,11H,1-2H3,(H,20,26). The Morgan fingerprint density at radius 1 is 1.26 bits per heavy atom. The number of amidine groups is 1. The van der Waals surface area contributed by atoms with Crippen LogP contribution in [0.4, 0.5) is 10.2 Å². The Bertz CT molecular complexity index is 1050. The molecule has 4 rings (SSSR count). The highest BCUT2D eigenvalue weighted by molar-refractivity contribution is 6.24. The number of hydrogen-bond acceptors (Lipinski definition) is 6. The molecule has 2 aromatic rings. The highest BCUT2D eigenvalue weighted by Crippen LogP contribution is 2.20. The fourth-order valence-corrected chi connectivity index (χ4v) is 2.77. The number of aryl methyl sites for hydroxylation is 1. The number of nitrogens with zero attached hydrogens (tertiary/aromatic N) is 6. The summed E-state index contributed by atoms with van der Waals surface area (Å²) in [5, 5.41) is 12.3. The van der Waals surface area contributed by atoms with Crippen molar-refractivity contribution in [2.75, 3.05) is 12.4 Å². The molecular weight excluding hydrogens is 353 g/mol. The minimum absolute atomic E-state index is 0.000494. The van der Waals surface area contributed by atoms with Crippen molar-refractivity contribution in [3.05, 3.63) is 47.4 Å². The number of aromatic nitrogens is 2. The van der Waals surface area contributed by atoms with Crippen LogP contribution in [0.2, 0.25) is 0 Å². The molecule has 0 radical (unpaired) electrons. The van der Waals surface area contributed by atoms with Crippen LogP contribution in [0.3, 0.4) is 0 Å². The van der Waals surface area contributed by atoms with Gasteiger partial charge in [-0.1, -0.05) is 12.1 Å². The minimum atomic E-state index is -0.649. The SMILES string of the molecule is Cc1cc(NC(=O)c2ccccc2F)n(C2=NC(=O)C3C=NN(C)C3=N2)n1. The lowest BCUT2D eigenvalue weighted by Crippen LogP contribution is -2.35. The molecule has 1 unspecified atom stereocenters. The molecule has 1 atom stereocenters. The molecule has 10 heteroatoms. The van der Waals surface area contributed by atoms with Crippen LogP contribution in [0.15, 0.2) is 45.4 Å².